The SMILES string of the molecule is CCCCCOC1C=CC=CC1(O)OCCCCC. The smallest absolute Gasteiger partial charge is 0.216 e. The summed E-state index contributed by atoms with van der Waals surface area (Å²) >= 11 is 0. The van der Waals surface area contributed by atoms with E-state index in [1.165, 1.54) is 6.42 Å². The number of allylic oxidation sites excluding steroid dienone is 2. The van der Waals surface area contributed by atoms with Crippen LogP contribution in [0.15, 0.2) is 24.3 Å². The first-order chi connectivity index (χ1) is 9.23. The maximum atomic E-state index is 10.5. The van der Waals surface area contributed by atoms with Crippen molar-refractivity contribution >= 4 is 0 Å². The molecule has 0 saturated heterocycles. The quantitative estimate of drug-likeness (QED) is 0.486. The molecule has 0 aromatic carbocycles. The summed E-state index contributed by atoms with van der Waals surface area (Å²) in [6, 6.07) is 0. The molecule has 0 radical (unpaired) electrons. The molecule has 1 rings (SSSR count). The summed E-state index contributed by atoms with van der Waals surface area (Å²) in [5.41, 5.74) is 0. The number of ether oxygens (including phenoxy) is 2. The molecular formula is C16H28O3. The summed E-state index contributed by atoms with van der Waals surface area (Å²) in [6.45, 7) is 5.54. The molecule has 2 unspecified atom stereocenters. The van der Waals surface area contributed by atoms with E-state index in [-0.39, 0.29) is 0 Å². The second kappa shape index (κ2) is 9.29. The second-order valence-electron chi connectivity index (χ2n) is 5.05. The van der Waals surface area contributed by atoms with Gasteiger partial charge in [-0.05, 0) is 18.9 Å². The van der Waals surface area contributed by atoms with E-state index >= 15 is 0 Å². The summed E-state index contributed by atoms with van der Waals surface area (Å²) in [5.74, 6) is -1.30. The number of aliphatic hydroxyl groups is 1. The average Bonchev–Trinajstić information content (AvgIpc) is 2.42. The Morgan fingerprint density at radius 2 is 1.68 bits per heavy atom. The van der Waals surface area contributed by atoms with Crippen LogP contribution in [0.3, 0.4) is 0 Å². The summed E-state index contributed by atoms with van der Waals surface area (Å²) in [4.78, 5) is 0. The van der Waals surface area contributed by atoms with E-state index in [1.54, 1.807) is 6.08 Å². The van der Waals surface area contributed by atoms with Crippen molar-refractivity contribution in [1.82, 2.24) is 0 Å². The minimum atomic E-state index is -1.30. The Morgan fingerprint density at radius 1 is 1.00 bits per heavy atom. The fraction of sp³-hybridized carbons (Fsp3) is 0.750. The molecule has 0 heterocycles. The topological polar surface area (TPSA) is 38.7 Å². The Morgan fingerprint density at radius 3 is 2.37 bits per heavy atom. The molecule has 3 nitrogen and oxygen atoms in total. The summed E-state index contributed by atoms with van der Waals surface area (Å²) in [6.07, 6.45) is 13.5. The second-order valence-corrected chi connectivity index (χ2v) is 5.05. The molecule has 0 spiro atoms. The normalized spacial score (nSPS) is 25.9. The van der Waals surface area contributed by atoms with Crippen molar-refractivity contribution in [3.63, 3.8) is 0 Å². The highest BCUT2D eigenvalue weighted by Crippen LogP contribution is 2.23. The Labute approximate surface area is 117 Å². The maximum Gasteiger partial charge on any atom is 0.216 e. The molecule has 1 aliphatic carbocycles. The first-order valence-electron chi connectivity index (χ1n) is 7.57. The highest BCUT2D eigenvalue weighted by atomic mass is 16.7. The highest BCUT2D eigenvalue weighted by Gasteiger charge is 2.35. The molecule has 0 aromatic rings. The zero-order valence-electron chi connectivity index (χ0n) is 12.3. The highest BCUT2D eigenvalue weighted by molar-refractivity contribution is 5.20. The van der Waals surface area contributed by atoms with Crippen LogP contribution >= 0.6 is 0 Å². The van der Waals surface area contributed by atoms with Gasteiger partial charge in [-0.1, -0.05) is 57.8 Å². The molecule has 1 N–H and O–H groups in total. The van der Waals surface area contributed by atoms with Crippen LogP contribution in [-0.4, -0.2) is 30.2 Å². The number of rotatable bonds is 10. The van der Waals surface area contributed by atoms with E-state index in [9.17, 15) is 5.11 Å². The van der Waals surface area contributed by atoms with Gasteiger partial charge in [-0.2, -0.15) is 0 Å². The van der Waals surface area contributed by atoms with Crippen molar-refractivity contribution in [2.75, 3.05) is 13.2 Å². The van der Waals surface area contributed by atoms with Crippen LogP contribution in [0.5, 0.6) is 0 Å². The molecule has 2 atom stereocenters. The van der Waals surface area contributed by atoms with Crippen LogP contribution in [-0.2, 0) is 9.47 Å². The lowest BCUT2D eigenvalue weighted by atomic mass is 10.0. The standard InChI is InChI=1S/C16H28O3/c1-3-5-9-13-18-15-11-7-8-12-16(15,17)19-14-10-6-4-2/h7-8,11-12,15,17H,3-6,9-10,13-14H2,1-2H3. The van der Waals surface area contributed by atoms with Gasteiger partial charge < -0.3 is 14.6 Å². The molecule has 0 aliphatic heterocycles. The lowest BCUT2D eigenvalue weighted by Crippen LogP contribution is -2.45. The van der Waals surface area contributed by atoms with Gasteiger partial charge in [0.05, 0.1) is 6.61 Å². The van der Waals surface area contributed by atoms with Gasteiger partial charge in [0.2, 0.25) is 5.79 Å². The van der Waals surface area contributed by atoms with Crippen LogP contribution in [0.2, 0.25) is 0 Å². The third-order valence-electron chi connectivity index (χ3n) is 3.27. The van der Waals surface area contributed by atoms with E-state index in [0.29, 0.717) is 13.2 Å². The van der Waals surface area contributed by atoms with Crippen LogP contribution < -0.4 is 0 Å². The van der Waals surface area contributed by atoms with Gasteiger partial charge in [-0.3, -0.25) is 0 Å². The molecule has 0 bridgehead atoms. The molecule has 0 aromatic heterocycles. The van der Waals surface area contributed by atoms with Crippen molar-refractivity contribution in [2.24, 2.45) is 0 Å². The zero-order valence-corrected chi connectivity index (χ0v) is 12.3. The number of unbranched alkanes of at least 4 members (excludes halogenated alkanes) is 4. The Kier molecular flexibility index (Phi) is 8.03. The first kappa shape index (κ1) is 16.4. The van der Waals surface area contributed by atoms with E-state index in [2.05, 4.69) is 13.8 Å². The third-order valence-corrected chi connectivity index (χ3v) is 3.27. The van der Waals surface area contributed by atoms with E-state index in [4.69, 9.17) is 9.47 Å². The van der Waals surface area contributed by atoms with Crippen LogP contribution in [0.25, 0.3) is 0 Å². The van der Waals surface area contributed by atoms with E-state index < -0.39 is 11.9 Å². The van der Waals surface area contributed by atoms with Gasteiger partial charge in [0.15, 0.2) is 0 Å². The van der Waals surface area contributed by atoms with E-state index in [1.807, 2.05) is 18.2 Å². The van der Waals surface area contributed by atoms with Crippen molar-refractivity contribution in [1.29, 1.82) is 0 Å². The van der Waals surface area contributed by atoms with Crippen LogP contribution in [0.1, 0.15) is 52.4 Å². The van der Waals surface area contributed by atoms with Gasteiger partial charge in [0.1, 0.15) is 6.10 Å². The molecule has 19 heavy (non-hydrogen) atoms. The molecule has 3 heteroatoms. The van der Waals surface area contributed by atoms with Crippen molar-refractivity contribution in [3.8, 4) is 0 Å². The predicted octanol–water partition coefficient (Wildman–Crippen LogP) is 3.58. The van der Waals surface area contributed by atoms with Gasteiger partial charge in [0, 0.05) is 6.61 Å². The fourth-order valence-corrected chi connectivity index (χ4v) is 2.05. The van der Waals surface area contributed by atoms with E-state index in [0.717, 1.165) is 32.1 Å². The molecule has 110 valence electrons. The summed E-state index contributed by atoms with van der Waals surface area (Å²) in [5, 5.41) is 10.5. The largest absolute Gasteiger partial charge is 0.368 e. The Balaban J connectivity index is 2.38. The van der Waals surface area contributed by atoms with Crippen molar-refractivity contribution < 1.29 is 14.6 Å². The van der Waals surface area contributed by atoms with Gasteiger partial charge in [-0.15, -0.1) is 0 Å². The maximum absolute atomic E-state index is 10.5. The minimum Gasteiger partial charge on any atom is -0.368 e. The zero-order chi connectivity index (χ0) is 14.0. The van der Waals surface area contributed by atoms with Crippen molar-refractivity contribution in [2.45, 2.75) is 64.3 Å². The monoisotopic (exact) mass is 268 g/mol. The molecule has 1 aliphatic rings. The van der Waals surface area contributed by atoms with Gasteiger partial charge in [0.25, 0.3) is 0 Å². The van der Waals surface area contributed by atoms with Crippen molar-refractivity contribution in [3.05, 3.63) is 24.3 Å². The first-order valence-corrected chi connectivity index (χ1v) is 7.57. The lowest BCUT2D eigenvalue weighted by Gasteiger charge is -2.33. The molecular weight excluding hydrogens is 240 g/mol. The number of hydrogen-bond donors (Lipinski definition) is 1. The Bertz CT molecular complexity index is 286. The lowest BCUT2D eigenvalue weighted by molar-refractivity contribution is -0.224. The average molecular weight is 268 g/mol. The Hall–Kier alpha value is -0.640. The minimum absolute atomic E-state index is 0.393. The van der Waals surface area contributed by atoms with Gasteiger partial charge >= 0.3 is 0 Å². The summed E-state index contributed by atoms with van der Waals surface area (Å²) < 4.78 is 11.4. The summed E-state index contributed by atoms with van der Waals surface area (Å²) in [7, 11) is 0. The van der Waals surface area contributed by atoms with Crippen LogP contribution in [0, 0.1) is 0 Å². The molecule has 0 saturated carbocycles. The third kappa shape index (κ3) is 5.89. The fourth-order valence-electron chi connectivity index (χ4n) is 2.05. The molecule has 0 amide bonds. The predicted molar refractivity (Wildman–Crippen MR) is 78.0 cm³/mol. The molecule has 0 fully saturated rings. The van der Waals surface area contributed by atoms with Crippen LogP contribution in [0.4, 0.5) is 0 Å². The number of hydrogen-bond acceptors (Lipinski definition) is 3. The van der Waals surface area contributed by atoms with Gasteiger partial charge in [-0.25, -0.2) is 0 Å².